The van der Waals surface area contributed by atoms with Gasteiger partial charge in [0.1, 0.15) is 5.69 Å². The van der Waals surface area contributed by atoms with Crippen molar-refractivity contribution in [1.29, 1.82) is 0 Å². The van der Waals surface area contributed by atoms with E-state index in [1.165, 1.54) is 11.8 Å². The fourth-order valence-corrected chi connectivity index (χ4v) is 2.62. The Kier molecular flexibility index (Phi) is 6.41. The van der Waals surface area contributed by atoms with Gasteiger partial charge in [-0.05, 0) is 26.3 Å². The second kappa shape index (κ2) is 8.33. The van der Waals surface area contributed by atoms with E-state index in [9.17, 15) is 9.18 Å². The second-order valence-corrected chi connectivity index (χ2v) is 5.34. The van der Waals surface area contributed by atoms with Crippen molar-refractivity contribution in [3.63, 3.8) is 0 Å². The third kappa shape index (κ3) is 3.95. The first-order valence-electron chi connectivity index (χ1n) is 8.16. The lowest BCUT2D eigenvalue weighted by molar-refractivity contribution is -0.330. The van der Waals surface area contributed by atoms with Gasteiger partial charge in [0.05, 0.1) is 19.3 Å². The largest absolute Gasteiger partial charge is 0.352 e. The van der Waals surface area contributed by atoms with Gasteiger partial charge in [0.2, 0.25) is 5.95 Å². The lowest BCUT2D eigenvalue weighted by Gasteiger charge is -2.29. The van der Waals surface area contributed by atoms with E-state index >= 15 is 0 Å². The Labute approximate surface area is 146 Å². The molecule has 0 aliphatic rings. The Morgan fingerprint density at radius 3 is 2.36 bits per heavy atom. The molecule has 0 aliphatic heterocycles. The van der Waals surface area contributed by atoms with E-state index < -0.39 is 17.7 Å². The number of carbonyl (C=O) groups excluding carboxylic acids is 1. The number of ether oxygens (including phenoxy) is 3. The highest BCUT2D eigenvalue weighted by molar-refractivity contribution is 5.99. The van der Waals surface area contributed by atoms with Crippen molar-refractivity contribution in [2.75, 3.05) is 20.3 Å². The minimum Gasteiger partial charge on any atom is -0.324 e. The van der Waals surface area contributed by atoms with Crippen molar-refractivity contribution >= 4 is 5.78 Å². The van der Waals surface area contributed by atoms with Crippen LogP contribution in [0.2, 0.25) is 0 Å². The van der Waals surface area contributed by atoms with E-state index in [-0.39, 0.29) is 24.9 Å². The molecule has 0 saturated carbocycles. The van der Waals surface area contributed by atoms with Crippen LogP contribution in [0.4, 0.5) is 4.39 Å². The van der Waals surface area contributed by atoms with E-state index in [2.05, 4.69) is 5.10 Å². The van der Waals surface area contributed by atoms with Crippen molar-refractivity contribution in [3.8, 4) is 0 Å². The van der Waals surface area contributed by atoms with E-state index in [0.717, 1.165) is 11.6 Å². The van der Waals surface area contributed by atoms with E-state index in [1.54, 1.807) is 13.8 Å². The van der Waals surface area contributed by atoms with Crippen LogP contribution < -0.4 is 0 Å². The molecule has 1 atom stereocenters. The van der Waals surface area contributed by atoms with Crippen LogP contribution >= 0.6 is 0 Å². The molecule has 0 amide bonds. The number of carbonyl (C=O) groups is 1. The Hall–Kier alpha value is -2.09. The average molecular weight is 350 g/mol. The van der Waals surface area contributed by atoms with Crippen molar-refractivity contribution in [3.05, 3.63) is 53.6 Å². The summed E-state index contributed by atoms with van der Waals surface area (Å²) in [6.07, 6.45) is 0. The Balaban J connectivity index is 2.46. The van der Waals surface area contributed by atoms with Crippen molar-refractivity contribution in [1.82, 2.24) is 9.78 Å². The Bertz CT molecular complexity index is 696. The molecule has 0 saturated heterocycles. The van der Waals surface area contributed by atoms with Gasteiger partial charge in [-0.3, -0.25) is 9.48 Å². The molecular weight excluding hydrogens is 327 g/mol. The van der Waals surface area contributed by atoms with Gasteiger partial charge >= 0.3 is 5.97 Å². The van der Waals surface area contributed by atoms with Crippen molar-refractivity contribution in [2.24, 2.45) is 0 Å². The molecule has 1 aromatic heterocycles. The molecule has 0 unspecified atom stereocenters. The topological polar surface area (TPSA) is 62.6 Å². The van der Waals surface area contributed by atoms with E-state index in [0.29, 0.717) is 0 Å². The highest BCUT2D eigenvalue weighted by atomic mass is 19.1. The zero-order valence-corrected chi connectivity index (χ0v) is 14.9. The summed E-state index contributed by atoms with van der Waals surface area (Å²) in [7, 11) is 1.31. The number of hydrogen-bond donors (Lipinski definition) is 0. The molecule has 0 aliphatic carbocycles. The maximum Gasteiger partial charge on any atom is 0.352 e. The molecule has 0 N–H and O–H groups in total. The van der Waals surface area contributed by atoms with Crippen LogP contribution in [0.3, 0.4) is 0 Å². The van der Waals surface area contributed by atoms with Crippen LogP contribution in [0, 0.1) is 5.95 Å². The van der Waals surface area contributed by atoms with Gasteiger partial charge in [-0.25, -0.2) is 0 Å². The molecule has 0 spiro atoms. The molecule has 7 heteroatoms. The molecule has 1 heterocycles. The lowest BCUT2D eigenvalue weighted by Crippen LogP contribution is -2.47. The number of benzene rings is 1. The number of nitrogens with zero attached hydrogens (tertiary/aromatic N) is 2. The van der Waals surface area contributed by atoms with Gasteiger partial charge in [-0.1, -0.05) is 30.3 Å². The Morgan fingerprint density at radius 1 is 1.24 bits per heavy atom. The number of Topliss-reactive ketones (excluding diaryl/α,β-unsaturated/α-hetero) is 1. The molecule has 0 radical (unpaired) electrons. The summed E-state index contributed by atoms with van der Waals surface area (Å²) < 4.78 is 31.3. The van der Waals surface area contributed by atoms with Gasteiger partial charge in [0.25, 0.3) is 5.78 Å². The highest BCUT2D eigenvalue weighted by Gasteiger charge is 2.44. The second-order valence-electron chi connectivity index (χ2n) is 5.34. The molecule has 0 bridgehead atoms. The number of ketones is 1. The third-order valence-electron chi connectivity index (χ3n) is 3.80. The molecule has 25 heavy (non-hydrogen) atoms. The maximum atomic E-state index is 13.9. The number of aromatic nitrogens is 2. The molecule has 2 rings (SSSR count). The Morgan fingerprint density at radius 2 is 1.84 bits per heavy atom. The predicted molar refractivity (Wildman–Crippen MR) is 89.8 cm³/mol. The summed E-state index contributed by atoms with van der Waals surface area (Å²) in [5.41, 5.74) is 0.896. The van der Waals surface area contributed by atoms with Gasteiger partial charge in [-0.15, -0.1) is 5.10 Å². The summed E-state index contributed by atoms with van der Waals surface area (Å²) in [5.74, 6) is -3.33. The first kappa shape index (κ1) is 19.2. The number of hydrogen-bond acceptors (Lipinski definition) is 5. The van der Waals surface area contributed by atoms with Crippen LogP contribution in [-0.4, -0.2) is 41.9 Å². The minimum absolute atomic E-state index is 0.0117. The molecule has 1 aromatic carbocycles. The maximum absolute atomic E-state index is 13.9. The summed E-state index contributed by atoms with van der Waals surface area (Å²) in [5, 5.41) is 3.84. The SMILES string of the molecule is CCOC(OC)(OCC)C(=O)c1cc(F)nn1[C@H](C)c1ccccc1. The molecule has 136 valence electrons. The summed E-state index contributed by atoms with van der Waals surface area (Å²) in [6.45, 7) is 5.62. The van der Waals surface area contributed by atoms with Crippen molar-refractivity contribution < 1.29 is 23.4 Å². The lowest BCUT2D eigenvalue weighted by atomic mass is 10.1. The minimum atomic E-state index is -1.93. The summed E-state index contributed by atoms with van der Waals surface area (Å²) in [6, 6.07) is 10.1. The number of halogens is 1. The zero-order chi connectivity index (χ0) is 18.4. The zero-order valence-electron chi connectivity index (χ0n) is 14.9. The van der Waals surface area contributed by atoms with Crippen molar-refractivity contribution in [2.45, 2.75) is 32.8 Å². The average Bonchev–Trinajstić information content (AvgIpc) is 3.02. The quantitative estimate of drug-likeness (QED) is 0.513. The predicted octanol–water partition coefficient (Wildman–Crippen LogP) is 3.19. The summed E-state index contributed by atoms with van der Waals surface area (Å²) in [4.78, 5) is 13.0. The van der Waals surface area contributed by atoms with E-state index in [1.807, 2.05) is 37.3 Å². The number of rotatable bonds is 9. The van der Waals surface area contributed by atoms with Gasteiger partial charge in [-0.2, -0.15) is 4.39 Å². The molecule has 6 nitrogen and oxygen atoms in total. The fourth-order valence-electron chi connectivity index (χ4n) is 2.62. The smallest absolute Gasteiger partial charge is 0.324 e. The molecule has 2 aromatic rings. The van der Waals surface area contributed by atoms with Crippen LogP contribution in [0.5, 0.6) is 0 Å². The van der Waals surface area contributed by atoms with E-state index in [4.69, 9.17) is 14.2 Å². The monoisotopic (exact) mass is 350 g/mol. The van der Waals surface area contributed by atoms with Crippen LogP contribution in [0.1, 0.15) is 42.9 Å². The first-order valence-corrected chi connectivity index (χ1v) is 8.16. The fraction of sp³-hybridized carbons (Fsp3) is 0.444. The molecular formula is C18H23FN2O4. The summed E-state index contributed by atoms with van der Waals surface area (Å²) >= 11 is 0. The van der Waals surface area contributed by atoms with Crippen LogP contribution in [0.15, 0.2) is 36.4 Å². The van der Waals surface area contributed by atoms with Crippen LogP contribution in [0.25, 0.3) is 0 Å². The van der Waals surface area contributed by atoms with Gasteiger partial charge < -0.3 is 14.2 Å². The van der Waals surface area contributed by atoms with Gasteiger partial charge in [0.15, 0.2) is 0 Å². The van der Waals surface area contributed by atoms with Crippen LogP contribution in [-0.2, 0) is 14.2 Å². The normalized spacial score (nSPS) is 13.0. The standard InChI is InChI=1S/C18H23FN2O4/c1-5-24-18(23-4,25-6-2)17(22)15-12-16(19)20-21(15)13(3)14-10-8-7-9-11-14/h7-13H,5-6H2,1-4H3/t13-/m1/s1. The third-order valence-corrected chi connectivity index (χ3v) is 3.80. The molecule has 0 fully saturated rings. The number of methoxy groups -OCH3 is 1. The first-order chi connectivity index (χ1) is 12.0. The van der Waals surface area contributed by atoms with Gasteiger partial charge in [0, 0.05) is 13.2 Å². The highest BCUT2D eigenvalue weighted by Crippen LogP contribution is 2.26.